The molecule has 1 amide bonds. The highest BCUT2D eigenvalue weighted by atomic mass is 79.9. The lowest BCUT2D eigenvalue weighted by Crippen LogP contribution is -2.57. The molecule has 1 aromatic carbocycles. The zero-order valence-corrected chi connectivity index (χ0v) is 18.7. The summed E-state index contributed by atoms with van der Waals surface area (Å²) in [4.78, 5) is 39.9. The second kappa shape index (κ2) is 8.45. The number of alkyl halides is 1. The number of halogens is 1. The summed E-state index contributed by atoms with van der Waals surface area (Å²) in [6, 6.07) is 7.15. The maximum absolute atomic E-state index is 13.4. The van der Waals surface area contributed by atoms with Crippen LogP contribution in [0.1, 0.15) is 25.3 Å². The Hall–Kier alpha value is -2.08. The normalized spacial score (nSPS) is 29.2. The lowest BCUT2D eigenvalue weighted by molar-refractivity contribution is -0.561. The number of hydrogen-bond donors (Lipinski definition) is 0. The number of anilines is 1. The summed E-state index contributed by atoms with van der Waals surface area (Å²) in [5, 5.41) is 11.3. The number of ether oxygens (including phenoxy) is 3. The van der Waals surface area contributed by atoms with Gasteiger partial charge in [0.2, 0.25) is 0 Å². The van der Waals surface area contributed by atoms with Crippen LogP contribution in [0.4, 0.5) is 5.69 Å². The molecule has 2 saturated heterocycles. The van der Waals surface area contributed by atoms with Gasteiger partial charge < -0.3 is 14.2 Å². The van der Waals surface area contributed by atoms with Crippen molar-refractivity contribution in [3.05, 3.63) is 39.9 Å². The zero-order valence-electron chi connectivity index (χ0n) is 17.1. The largest absolute Gasteiger partial charge is 0.466 e. The molecule has 11 heteroatoms. The second-order valence-electron chi connectivity index (χ2n) is 7.91. The number of nitro groups is 1. The second-order valence-corrected chi connectivity index (χ2v) is 9.38. The van der Waals surface area contributed by atoms with Crippen LogP contribution in [0.5, 0.6) is 0 Å². The van der Waals surface area contributed by atoms with Crippen LogP contribution in [0.3, 0.4) is 0 Å². The van der Waals surface area contributed by atoms with Gasteiger partial charge in [-0.3, -0.25) is 29.5 Å². The van der Waals surface area contributed by atoms with E-state index in [-0.39, 0.29) is 25.1 Å². The van der Waals surface area contributed by atoms with E-state index in [9.17, 15) is 19.7 Å². The number of piperidine rings is 1. The number of carbonyl (C=O) groups excluding carboxylic acids is 2. The number of esters is 1. The van der Waals surface area contributed by atoms with Gasteiger partial charge in [-0.05, 0) is 25.8 Å². The highest BCUT2D eigenvalue weighted by Crippen LogP contribution is 2.47. The molecule has 0 atom stereocenters. The molecular formula is C20H24BrN3O7. The summed E-state index contributed by atoms with van der Waals surface area (Å²) in [5.41, 5.74) is 1.20. The summed E-state index contributed by atoms with van der Waals surface area (Å²) in [7, 11) is 0. The van der Waals surface area contributed by atoms with E-state index in [0.717, 1.165) is 0 Å². The lowest BCUT2D eigenvalue weighted by atomic mass is 9.97. The molecule has 0 aliphatic carbocycles. The van der Waals surface area contributed by atoms with Gasteiger partial charge in [-0.15, -0.1) is 0 Å². The van der Waals surface area contributed by atoms with Crippen molar-refractivity contribution < 1.29 is 28.7 Å². The van der Waals surface area contributed by atoms with Crippen molar-refractivity contribution in [1.82, 2.24) is 4.90 Å². The molecule has 0 aromatic heterocycles. The van der Waals surface area contributed by atoms with Crippen molar-refractivity contribution >= 4 is 33.5 Å². The molecule has 1 spiro atoms. The Bertz CT molecular complexity index is 879. The molecule has 3 heterocycles. The van der Waals surface area contributed by atoms with E-state index in [1.165, 1.54) is 0 Å². The lowest BCUT2D eigenvalue weighted by Gasteiger charge is -2.37. The fraction of sp³-hybridized carbons (Fsp3) is 0.600. The van der Waals surface area contributed by atoms with Crippen LogP contribution in [0.25, 0.3) is 0 Å². The van der Waals surface area contributed by atoms with E-state index in [0.29, 0.717) is 50.5 Å². The van der Waals surface area contributed by atoms with E-state index in [2.05, 4.69) is 20.8 Å². The molecule has 4 rings (SSSR count). The number of fused-ring (bicyclic) bond motifs is 2. The van der Waals surface area contributed by atoms with Crippen LogP contribution >= 0.6 is 15.9 Å². The van der Waals surface area contributed by atoms with Gasteiger partial charge in [0.25, 0.3) is 11.7 Å². The molecule has 0 unspecified atom stereocenters. The van der Waals surface area contributed by atoms with Gasteiger partial charge in [0, 0.05) is 39.5 Å². The van der Waals surface area contributed by atoms with Crippen molar-refractivity contribution in [2.24, 2.45) is 5.92 Å². The highest BCUT2D eigenvalue weighted by Gasteiger charge is 2.61. The van der Waals surface area contributed by atoms with E-state index < -0.39 is 21.1 Å². The van der Waals surface area contributed by atoms with Gasteiger partial charge in [0.1, 0.15) is 13.2 Å². The molecular weight excluding hydrogens is 474 g/mol. The van der Waals surface area contributed by atoms with Crippen LogP contribution in [-0.2, 0) is 29.6 Å². The minimum Gasteiger partial charge on any atom is -0.466 e. The maximum atomic E-state index is 13.4. The van der Waals surface area contributed by atoms with E-state index in [1.807, 2.05) is 12.1 Å². The van der Waals surface area contributed by atoms with Gasteiger partial charge in [-0.2, -0.15) is 0 Å². The first-order chi connectivity index (χ1) is 14.8. The van der Waals surface area contributed by atoms with Crippen LogP contribution in [0.2, 0.25) is 0 Å². The summed E-state index contributed by atoms with van der Waals surface area (Å²) in [5.74, 6) is -2.38. The number of benzene rings is 1. The van der Waals surface area contributed by atoms with Gasteiger partial charge in [0.05, 0.1) is 24.9 Å². The van der Waals surface area contributed by atoms with Crippen LogP contribution in [0.15, 0.2) is 24.3 Å². The molecule has 1 aromatic rings. The minimum absolute atomic E-state index is 0.122. The smallest absolute Gasteiger partial charge is 0.320 e. The van der Waals surface area contributed by atoms with Crippen molar-refractivity contribution in [3.8, 4) is 0 Å². The number of amides is 1. The Balaban J connectivity index is 1.49. The fourth-order valence-corrected chi connectivity index (χ4v) is 4.42. The molecule has 3 aliphatic rings. The van der Waals surface area contributed by atoms with E-state index >= 15 is 0 Å². The Morgan fingerprint density at radius 1 is 1.29 bits per heavy atom. The summed E-state index contributed by atoms with van der Waals surface area (Å²) < 4.78 is 15.0. The number of hydrogen-bond acceptors (Lipinski definition) is 8. The summed E-state index contributed by atoms with van der Waals surface area (Å²) in [6.45, 7) is 3.16. The first kappa shape index (κ1) is 22.1. The Morgan fingerprint density at radius 2 is 1.94 bits per heavy atom. The molecule has 168 valence electrons. The Labute approximate surface area is 187 Å². The van der Waals surface area contributed by atoms with E-state index in [1.54, 1.807) is 24.0 Å². The first-order valence-corrected chi connectivity index (χ1v) is 11.0. The average Bonchev–Trinajstić information content (AvgIpc) is 2.99. The SMILES string of the molecule is CCOC(=O)C1CCN(CN2C(=O)C3(OCC(Br)([N+](=O)[O-])CO3)c3ccccc32)CC1. The number of rotatable bonds is 5. The van der Waals surface area contributed by atoms with Crippen molar-refractivity contribution in [2.75, 3.05) is 44.5 Å². The Morgan fingerprint density at radius 3 is 2.55 bits per heavy atom. The number of para-hydroxylation sites is 1. The topological polar surface area (TPSA) is 111 Å². The van der Waals surface area contributed by atoms with Gasteiger partial charge in [-0.25, -0.2) is 0 Å². The summed E-state index contributed by atoms with van der Waals surface area (Å²) in [6.07, 6.45) is 1.32. The number of carbonyl (C=O) groups is 2. The predicted molar refractivity (Wildman–Crippen MR) is 112 cm³/mol. The van der Waals surface area contributed by atoms with Crippen molar-refractivity contribution in [2.45, 2.75) is 30.0 Å². The van der Waals surface area contributed by atoms with Gasteiger partial charge in [0.15, 0.2) is 0 Å². The molecule has 0 saturated carbocycles. The van der Waals surface area contributed by atoms with Crippen LogP contribution < -0.4 is 4.90 Å². The van der Waals surface area contributed by atoms with Gasteiger partial charge in [-0.1, -0.05) is 18.2 Å². The third-order valence-corrected chi connectivity index (χ3v) is 6.69. The molecule has 31 heavy (non-hydrogen) atoms. The quantitative estimate of drug-likeness (QED) is 0.199. The average molecular weight is 498 g/mol. The number of nitrogens with zero attached hydrogens (tertiary/aromatic N) is 3. The molecule has 3 aliphatic heterocycles. The zero-order chi connectivity index (χ0) is 22.2. The third kappa shape index (κ3) is 3.84. The van der Waals surface area contributed by atoms with Crippen LogP contribution in [0, 0.1) is 16.0 Å². The predicted octanol–water partition coefficient (Wildman–Crippen LogP) is 1.83. The molecule has 0 bridgehead atoms. The maximum Gasteiger partial charge on any atom is 0.320 e. The summed E-state index contributed by atoms with van der Waals surface area (Å²) >= 11 is 3.05. The first-order valence-electron chi connectivity index (χ1n) is 10.2. The Kier molecular flexibility index (Phi) is 6.03. The van der Waals surface area contributed by atoms with Crippen molar-refractivity contribution in [1.29, 1.82) is 0 Å². The van der Waals surface area contributed by atoms with Crippen LogP contribution in [-0.4, -0.2) is 65.7 Å². The minimum atomic E-state index is -1.69. The van der Waals surface area contributed by atoms with E-state index in [4.69, 9.17) is 14.2 Å². The molecule has 2 fully saturated rings. The van der Waals surface area contributed by atoms with Gasteiger partial charge >= 0.3 is 10.4 Å². The highest BCUT2D eigenvalue weighted by molar-refractivity contribution is 9.10. The molecule has 10 nitrogen and oxygen atoms in total. The standard InChI is InChI=1S/C20H24BrN3O7/c1-2-29-17(25)14-7-9-22(10-8-14)13-23-16-6-4-3-5-15(16)20(18(23)26)30-11-19(21,12-31-20)24(27)28/h3-6,14H,2,7-13H2,1H3. The third-order valence-electron chi connectivity index (χ3n) is 5.95. The van der Waals surface area contributed by atoms with Crippen molar-refractivity contribution in [3.63, 3.8) is 0 Å². The fourth-order valence-electron chi connectivity index (χ4n) is 4.19. The molecule has 0 N–H and O–H groups in total. The number of likely N-dealkylation sites (tertiary alicyclic amines) is 1. The monoisotopic (exact) mass is 497 g/mol. The molecule has 0 radical (unpaired) electrons.